The van der Waals surface area contributed by atoms with Gasteiger partial charge in [-0.15, -0.1) is 0 Å². The monoisotopic (exact) mass is 185 g/mol. The summed E-state index contributed by atoms with van der Waals surface area (Å²) in [7, 11) is 0. The molecule has 0 unspecified atom stereocenters. The number of hydrogen-bond acceptors (Lipinski definition) is 1. The van der Waals surface area contributed by atoms with E-state index in [1.807, 2.05) is 0 Å². The number of rotatable bonds is 0. The second-order valence-electron chi connectivity index (χ2n) is 4.64. The number of benzene rings is 1. The standard InChI is InChI=1S/C12H11NO/c14-12-10-8-5-9(11(10)13-12)7-4-2-1-3-6(7)8/h1-4,8-11H,5H2,(H,13,14)/t8-,9-,10+,11+/m0/s1. The van der Waals surface area contributed by atoms with E-state index >= 15 is 0 Å². The van der Waals surface area contributed by atoms with Gasteiger partial charge in [-0.3, -0.25) is 4.79 Å². The second kappa shape index (κ2) is 2.02. The van der Waals surface area contributed by atoms with Crippen LogP contribution in [0.3, 0.4) is 0 Å². The SMILES string of the molecule is O=C1N[C@H]2[C@H]1[C@H]1C[C@H]2c2ccccc21. The molecule has 1 aliphatic heterocycles. The lowest BCUT2D eigenvalue weighted by atomic mass is 9.75. The molecule has 1 heterocycles. The van der Waals surface area contributed by atoms with Crippen LogP contribution in [-0.2, 0) is 4.79 Å². The molecule has 0 radical (unpaired) electrons. The number of fused-ring (bicyclic) bond motifs is 8. The van der Waals surface area contributed by atoms with Crippen LogP contribution in [0.5, 0.6) is 0 Å². The van der Waals surface area contributed by atoms with E-state index in [0.29, 0.717) is 23.8 Å². The summed E-state index contributed by atoms with van der Waals surface area (Å²) in [5.41, 5.74) is 2.92. The minimum atomic E-state index is 0.275. The molecule has 2 fully saturated rings. The van der Waals surface area contributed by atoms with E-state index in [0.717, 1.165) is 0 Å². The molecular formula is C12H11NO. The number of carbonyl (C=O) groups is 1. The predicted octanol–water partition coefficient (Wildman–Crippen LogP) is 1.39. The number of nitrogens with one attached hydrogen (secondary N) is 1. The van der Waals surface area contributed by atoms with Gasteiger partial charge in [-0.25, -0.2) is 0 Å². The largest absolute Gasteiger partial charge is 0.352 e. The number of hydrogen-bond donors (Lipinski definition) is 1. The molecule has 4 atom stereocenters. The van der Waals surface area contributed by atoms with Gasteiger partial charge in [-0.1, -0.05) is 24.3 Å². The quantitative estimate of drug-likeness (QED) is 0.608. The number of β-lactam (4-membered cyclic amide) rings is 1. The van der Waals surface area contributed by atoms with Crippen LogP contribution in [0, 0.1) is 5.92 Å². The van der Waals surface area contributed by atoms with Gasteiger partial charge in [0.15, 0.2) is 0 Å². The second-order valence-corrected chi connectivity index (χ2v) is 4.64. The maximum Gasteiger partial charge on any atom is 0.226 e. The molecule has 1 saturated heterocycles. The third-order valence-electron chi connectivity index (χ3n) is 4.17. The molecule has 1 N–H and O–H groups in total. The molecule has 2 aliphatic carbocycles. The van der Waals surface area contributed by atoms with Crippen molar-refractivity contribution in [3.8, 4) is 0 Å². The van der Waals surface area contributed by atoms with Crippen molar-refractivity contribution in [1.29, 1.82) is 0 Å². The topological polar surface area (TPSA) is 29.1 Å². The maximum atomic E-state index is 11.4. The van der Waals surface area contributed by atoms with E-state index in [2.05, 4.69) is 29.6 Å². The first-order chi connectivity index (χ1) is 6.86. The molecule has 0 aromatic heterocycles. The first-order valence-electron chi connectivity index (χ1n) is 5.25. The van der Waals surface area contributed by atoms with Gasteiger partial charge in [0.2, 0.25) is 5.91 Å². The Morgan fingerprint density at radius 3 is 2.57 bits per heavy atom. The Kier molecular flexibility index (Phi) is 1.02. The van der Waals surface area contributed by atoms with Gasteiger partial charge in [0.25, 0.3) is 0 Å². The zero-order chi connectivity index (χ0) is 9.28. The molecule has 0 spiro atoms. The summed E-state index contributed by atoms with van der Waals surface area (Å²) in [5.74, 6) is 1.71. The molecule has 2 nitrogen and oxygen atoms in total. The maximum absolute atomic E-state index is 11.4. The van der Waals surface area contributed by atoms with Crippen molar-refractivity contribution >= 4 is 5.91 Å². The van der Waals surface area contributed by atoms with Crippen LogP contribution in [0.25, 0.3) is 0 Å². The molecule has 2 heteroatoms. The highest BCUT2D eigenvalue weighted by Gasteiger charge is 2.59. The summed E-state index contributed by atoms with van der Waals surface area (Å²) < 4.78 is 0. The highest BCUT2D eigenvalue weighted by molar-refractivity contribution is 5.89. The van der Waals surface area contributed by atoms with Gasteiger partial charge in [-0.2, -0.15) is 0 Å². The zero-order valence-corrected chi connectivity index (χ0v) is 7.73. The lowest BCUT2D eigenvalue weighted by molar-refractivity contribution is -0.134. The van der Waals surface area contributed by atoms with Crippen LogP contribution in [-0.4, -0.2) is 11.9 Å². The Labute approximate surface area is 82.3 Å². The predicted molar refractivity (Wildman–Crippen MR) is 52.0 cm³/mol. The molecule has 2 bridgehead atoms. The average Bonchev–Trinajstić information content (AvgIpc) is 2.68. The van der Waals surface area contributed by atoms with Gasteiger partial charge in [0, 0.05) is 12.0 Å². The Bertz CT molecular complexity index is 440. The summed E-state index contributed by atoms with van der Waals surface area (Å²) in [6, 6.07) is 9.07. The van der Waals surface area contributed by atoms with Gasteiger partial charge in [0.05, 0.1) is 5.92 Å². The van der Waals surface area contributed by atoms with E-state index in [1.165, 1.54) is 17.5 Å². The number of amides is 1. The van der Waals surface area contributed by atoms with Crippen molar-refractivity contribution in [2.24, 2.45) is 5.92 Å². The van der Waals surface area contributed by atoms with E-state index in [9.17, 15) is 4.79 Å². The van der Waals surface area contributed by atoms with E-state index in [-0.39, 0.29) is 5.91 Å². The molecular weight excluding hydrogens is 174 g/mol. The van der Waals surface area contributed by atoms with Crippen molar-refractivity contribution < 1.29 is 4.79 Å². The Morgan fingerprint density at radius 1 is 1.14 bits per heavy atom. The van der Waals surface area contributed by atoms with E-state index in [1.54, 1.807) is 0 Å². The van der Waals surface area contributed by atoms with Gasteiger partial charge in [-0.05, 0) is 23.5 Å². The van der Waals surface area contributed by atoms with Crippen LogP contribution >= 0.6 is 0 Å². The third kappa shape index (κ3) is 0.578. The van der Waals surface area contributed by atoms with Crippen LogP contribution in [0.1, 0.15) is 29.4 Å². The molecule has 1 aromatic rings. The van der Waals surface area contributed by atoms with Crippen LogP contribution in [0.4, 0.5) is 0 Å². The highest BCUT2D eigenvalue weighted by Crippen LogP contribution is 2.58. The number of carbonyl (C=O) groups excluding carboxylic acids is 1. The Morgan fingerprint density at radius 2 is 1.86 bits per heavy atom. The fourth-order valence-electron chi connectivity index (χ4n) is 3.59. The normalized spacial score (nSPS) is 41.3. The zero-order valence-electron chi connectivity index (χ0n) is 7.73. The molecule has 4 rings (SSSR count). The van der Waals surface area contributed by atoms with Crippen LogP contribution < -0.4 is 5.32 Å². The summed E-state index contributed by atoms with van der Waals surface area (Å²) >= 11 is 0. The molecule has 1 aromatic carbocycles. The third-order valence-corrected chi connectivity index (χ3v) is 4.17. The molecule has 70 valence electrons. The average molecular weight is 185 g/mol. The minimum absolute atomic E-state index is 0.275. The lowest BCUT2D eigenvalue weighted by Crippen LogP contribution is -2.59. The van der Waals surface area contributed by atoms with E-state index < -0.39 is 0 Å². The first kappa shape index (κ1) is 7.04. The molecule has 14 heavy (non-hydrogen) atoms. The minimum Gasteiger partial charge on any atom is -0.352 e. The van der Waals surface area contributed by atoms with Crippen molar-refractivity contribution in [2.45, 2.75) is 24.3 Å². The summed E-state index contributed by atoms with van der Waals surface area (Å²) in [6.45, 7) is 0. The summed E-state index contributed by atoms with van der Waals surface area (Å²) in [5, 5.41) is 3.04. The Balaban J connectivity index is 1.92. The fourth-order valence-corrected chi connectivity index (χ4v) is 3.59. The van der Waals surface area contributed by atoms with Crippen molar-refractivity contribution in [3.05, 3.63) is 35.4 Å². The fraction of sp³-hybridized carbons (Fsp3) is 0.417. The van der Waals surface area contributed by atoms with Crippen molar-refractivity contribution in [2.75, 3.05) is 0 Å². The van der Waals surface area contributed by atoms with Crippen LogP contribution in [0.2, 0.25) is 0 Å². The Hall–Kier alpha value is -1.31. The first-order valence-corrected chi connectivity index (χ1v) is 5.25. The summed E-state index contributed by atoms with van der Waals surface area (Å²) in [4.78, 5) is 11.4. The highest BCUT2D eigenvalue weighted by atomic mass is 16.2. The molecule has 3 aliphatic rings. The van der Waals surface area contributed by atoms with Crippen molar-refractivity contribution in [3.63, 3.8) is 0 Å². The van der Waals surface area contributed by atoms with Gasteiger partial charge >= 0.3 is 0 Å². The smallest absolute Gasteiger partial charge is 0.226 e. The lowest BCUT2D eigenvalue weighted by Gasteiger charge is -2.40. The van der Waals surface area contributed by atoms with Crippen molar-refractivity contribution in [1.82, 2.24) is 5.32 Å². The molecule has 1 amide bonds. The van der Waals surface area contributed by atoms with Gasteiger partial charge < -0.3 is 5.32 Å². The van der Waals surface area contributed by atoms with Crippen LogP contribution in [0.15, 0.2) is 24.3 Å². The van der Waals surface area contributed by atoms with Gasteiger partial charge in [0.1, 0.15) is 0 Å². The van der Waals surface area contributed by atoms with E-state index in [4.69, 9.17) is 0 Å². The molecule has 1 saturated carbocycles. The summed E-state index contributed by atoms with van der Waals surface area (Å²) in [6.07, 6.45) is 1.19.